The van der Waals surface area contributed by atoms with Gasteiger partial charge in [-0.2, -0.15) is 26.3 Å². The third-order valence-electron chi connectivity index (χ3n) is 4.17. The molecular weight excluding hydrogens is 424 g/mol. The molecule has 0 spiro atoms. The van der Waals surface area contributed by atoms with Gasteiger partial charge in [0.2, 0.25) is 0 Å². The number of benzene rings is 1. The summed E-state index contributed by atoms with van der Waals surface area (Å²) >= 11 is 0. The highest BCUT2D eigenvalue weighted by Gasteiger charge is 2.34. The van der Waals surface area contributed by atoms with Gasteiger partial charge in [-0.25, -0.2) is 13.4 Å². The van der Waals surface area contributed by atoms with E-state index in [1.54, 1.807) is 0 Å². The van der Waals surface area contributed by atoms with Crippen molar-refractivity contribution >= 4 is 20.9 Å². The zero-order valence-corrected chi connectivity index (χ0v) is 15.5. The van der Waals surface area contributed by atoms with Crippen LogP contribution in [0.15, 0.2) is 35.4 Å². The first kappa shape index (κ1) is 21.1. The van der Waals surface area contributed by atoms with Gasteiger partial charge in [-0.3, -0.25) is 4.98 Å². The van der Waals surface area contributed by atoms with Gasteiger partial charge in [0.25, 0.3) is 0 Å². The topological polar surface area (TPSA) is 75.7 Å². The van der Waals surface area contributed by atoms with Crippen molar-refractivity contribution in [2.75, 3.05) is 5.75 Å². The van der Waals surface area contributed by atoms with E-state index in [0.717, 1.165) is 18.2 Å². The van der Waals surface area contributed by atoms with Crippen molar-refractivity contribution in [3.8, 4) is 0 Å². The van der Waals surface area contributed by atoms with Gasteiger partial charge < -0.3 is 4.98 Å². The number of pyridine rings is 1. The van der Waals surface area contributed by atoms with E-state index >= 15 is 0 Å². The highest BCUT2D eigenvalue weighted by molar-refractivity contribution is 7.91. The van der Waals surface area contributed by atoms with Crippen molar-refractivity contribution in [2.24, 2.45) is 0 Å². The molecular formula is C17H13F6N3O2S. The molecule has 0 radical (unpaired) electrons. The largest absolute Gasteiger partial charge is 0.417 e. The Bertz CT molecular complexity index is 1170. The molecule has 1 N–H and O–H groups in total. The molecule has 0 saturated carbocycles. The number of hydrogen-bond donors (Lipinski definition) is 1. The second kappa shape index (κ2) is 7.01. The Kier molecular flexibility index (Phi) is 5.10. The second-order valence-electron chi connectivity index (χ2n) is 6.16. The summed E-state index contributed by atoms with van der Waals surface area (Å²) in [4.78, 5) is 9.75. The summed E-state index contributed by atoms with van der Waals surface area (Å²) in [6.45, 7) is 1.28. The SMILES string of the molecule is CCS(=O)(=O)c1cc(C(F)(F)F)cnc1Cc1nc2ccc(C(F)(F)F)cc2[nH]1. The molecule has 0 saturated heterocycles. The summed E-state index contributed by atoms with van der Waals surface area (Å²) in [5.74, 6) is -0.378. The van der Waals surface area contributed by atoms with Crippen molar-refractivity contribution in [3.63, 3.8) is 0 Å². The third-order valence-corrected chi connectivity index (χ3v) is 5.95. The first-order chi connectivity index (χ1) is 13.3. The number of nitrogens with one attached hydrogen (secondary N) is 1. The molecule has 0 amide bonds. The first-order valence-corrected chi connectivity index (χ1v) is 9.81. The minimum Gasteiger partial charge on any atom is -0.342 e. The van der Waals surface area contributed by atoms with Gasteiger partial charge in [-0.15, -0.1) is 0 Å². The fourth-order valence-electron chi connectivity index (χ4n) is 2.67. The molecule has 2 heterocycles. The van der Waals surface area contributed by atoms with Crippen LogP contribution < -0.4 is 0 Å². The standard InChI is InChI=1S/C17H13F6N3O2S/c1-2-29(27,28)14-6-10(17(21,22)23)8-24-13(14)7-15-25-11-4-3-9(16(18,19)20)5-12(11)26-15/h3-6,8H,2,7H2,1H3,(H,25,26). The van der Waals surface area contributed by atoms with Crippen molar-refractivity contribution in [2.45, 2.75) is 30.6 Å². The van der Waals surface area contributed by atoms with Crippen LogP contribution in [0, 0.1) is 0 Å². The van der Waals surface area contributed by atoms with E-state index in [4.69, 9.17) is 0 Å². The normalized spacial score (nSPS) is 13.2. The second-order valence-corrected chi connectivity index (χ2v) is 8.41. The number of nitrogens with zero attached hydrogens (tertiary/aromatic N) is 2. The maximum Gasteiger partial charge on any atom is 0.417 e. The predicted octanol–water partition coefficient (Wildman–Crippen LogP) is 4.38. The van der Waals surface area contributed by atoms with Crippen LogP contribution in [0.25, 0.3) is 11.0 Å². The lowest BCUT2D eigenvalue weighted by Crippen LogP contribution is -2.14. The molecule has 0 aliphatic rings. The summed E-state index contributed by atoms with van der Waals surface area (Å²) in [6, 6.07) is 3.33. The molecule has 0 fully saturated rings. The lowest BCUT2D eigenvalue weighted by atomic mass is 10.2. The molecule has 12 heteroatoms. The number of fused-ring (bicyclic) bond motifs is 1. The minimum absolute atomic E-state index is 0.0571. The van der Waals surface area contributed by atoms with E-state index in [-0.39, 0.29) is 29.0 Å². The van der Waals surface area contributed by atoms with Crippen LogP contribution in [0.4, 0.5) is 26.3 Å². The molecule has 0 aliphatic carbocycles. The molecule has 2 aromatic heterocycles. The van der Waals surface area contributed by atoms with Gasteiger partial charge in [-0.05, 0) is 24.3 Å². The molecule has 3 aromatic rings. The summed E-state index contributed by atoms with van der Waals surface area (Å²) in [5, 5.41) is 0. The number of H-pyrrole nitrogens is 1. The molecule has 0 aliphatic heterocycles. The molecule has 1 aromatic carbocycles. The molecule has 29 heavy (non-hydrogen) atoms. The van der Waals surface area contributed by atoms with Crippen LogP contribution in [0.5, 0.6) is 0 Å². The quantitative estimate of drug-likeness (QED) is 0.615. The van der Waals surface area contributed by atoms with E-state index in [9.17, 15) is 34.8 Å². The number of hydrogen-bond acceptors (Lipinski definition) is 4. The van der Waals surface area contributed by atoms with Crippen LogP contribution in [0.3, 0.4) is 0 Å². The Balaban J connectivity index is 2.05. The van der Waals surface area contributed by atoms with E-state index in [0.29, 0.717) is 12.3 Å². The fraction of sp³-hybridized carbons (Fsp3) is 0.294. The zero-order valence-electron chi connectivity index (χ0n) is 14.7. The summed E-state index contributed by atoms with van der Waals surface area (Å²) < 4.78 is 102. The molecule has 0 unspecified atom stereocenters. The maximum absolute atomic E-state index is 12.9. The Hall–Kier alpha value is -2.63. The van der Waals surface area contributed by atoms with Crippen molar-refractivity contribution in [1.29, 1.82) is 0 Å². The van der Waals surface area contributed by atoms with Gasteiger partial charge >= 0.3 is 12.4 Å². The number of imidazole rings is 1. The van der Waals surface area contributed by atoms with Crippen molar-refractivity contribution in [1.82, 2.24) is 15.0 Å². The van der Waals surface area contributed by atoms with E-state index in [2.05, 4.69) is 15.0 Å². The maximum atomic E-state index is 12.9. The molecule has 3 rings (SSSR count). The number of halogens is 6. The molecule has 5 nitrogen and oxygen atoms in total. The van der Waals surface area contributed by atoms with Crippen LogP contribution in [0.1, 0.15) is 29.6 Å². The number of sulfone groups is 1. The van der Waals surface area contributed by atoms with Crippen molar-refractivity contribution in [3.05, 3.63) is 53.1 Å². The third kappa shape index (κ3) is 4.36. The van der Waals surface area contributed by atoms with E-state index < -0.39 is 44.0 Å². The van der Waals surface area contributed by atoms with Gasteiger partial charge in [0.05, 0.1) is 38.5 Å². The summed E-state index contributed by atoms with van der Waals surface area (Å²) in [7, 11) is -4.04. The van der Waals surface area contributed by atoms with E-state index in [1.807, 2.05) is 0 Å². The Morgan fingerprint density at radius 3 is 2.24 bits per heavy atom. The lowest BCUT2D eigenvalue weighted by Gasteiger charge is -2.12. The molecule has 0 atom stereocenters. The lowest BCUT2D eigenvalue weighted by molar-refractivity contribution is -0.138. The number of aromatic amines is 1. The Labute approximate surface area is 160 Å². The van der Waals surface area contributed by atoms with Crippen molar-refractivity contribution < 1.29 is 34.8 Å². The van der Waals surface area contributed by atoms with E-state index in [1.165, 1.54) is 6.92 Å². The predicted molar refractivity (Wildman–Crippen MR) is 90.9 cm³/mol. The average molecular weight is 437 g/mol. The number of aromatic nitrogens is 3. The minimum atomic E-state index is -4.78. The van der Waals surface area contributed by atoms with Gasteiger partial charge in [0.1, 0.15) is 5.82 Å². The highest BCUT2D eigenvalue weighted by Crippen LogP contribution is 2.33. The van der Waals surface area contributed by atoms with Crippen LogP contribution >= 0.6 is 0 Å². The summed E-state index contributed by atoms with van der Waals surface area (Å²) in [6.07, 6.45) is -9.13. The van der Waals surface area contributed by atoms with Crippen LogP contribution in [-0.4, -0.2) is 29.1 Å². The smallest absolute Gasteiger partial charge is 0.342 e. The van der Waals surface area contributed by atoms with Gasteiger partial charge in [0, 0.05) is 12.6 Å². The zero-order chi connectivity index (χ0) is 21.6. The van der Waals surface area contributed by atoms with Crippen LogP contribution in [-0.2, 0) is 28.6 Å². The number of rotatable bonds is 4. The summed E-state index contributed by atoms with van der Waals surface area (Å²) in [5.41, 5.74) is -2.05. The number of alkyl halides is 6. The highest BCUT2D eigenvalue weighted by atomic mass is 32.2. The average Bonchev–Trinajstić information content (AvgIpc) is 3.01. The fourth-order valence-corrected chi connectivity index (χ4v) is 3.77. The molecule has 0 bridgehead atoms. The first-order valence-electron chi connectivity index (χ1n) is 8.16. The Morgan fingerprint density at radius 1 is 1.00 bits per heavy atom. The van der Waals surface area contributed by atoms with Gasteiger partial charge in [-0.1, -0.05) is 6.92 Å². The van der Waals surface area contributed by atoms with Gasteiger partial charge in [0.15, 0.2) is 9.84 Å². The molecule has 156 valence electrons. The van der Waals surface area contributed by atoms with Crippen LogP contribution in [0.2, 0.25) is 0 Å². The monoisotopic (exact) mass is 437 g/mol. The Morgan fingerprint density at radius 2 is 1.66 bits per heavy atom.